The normalized spacial score (nSPS) is 14.2. The molecule has 0 spiro atoms. The molecule has 1 aromatic carbocycles. The molecule has 2 aromatic heterocycles. The van der Waals surface area contributed by atoms with Crippen molar-refractivity contribution in [3.63, 3.8) is 0 Å². The van der Waals surface area contributed by atoms with Gasteiger partial charge in [0.1, 0.15) is 5.65 Å². The Balaban J connectivity index is 1.57. The van der Waals surface area contributed by atoms with E-state index in [1.54, 1.807) is 6.07 Å². The molecular weight excluding hydrogens is 362 g/mol. The number of non-ortho nitro benzene ring substituents is 1. The Morgan fingerprint density at radius 1 is 1.25 bits per heavy atom. The van der Waals surface area contributed by atoms with Crippen LogP contribution in [0, 0.1) is 10.1 Å². The predicted octanol–water partition coefficient (Wildman–Crippen LogP) is 2.01. The first-order valence-corrected chi connectivity index (χ1v) is 8.94. The maximum absolute atomic E-state index is 12.8. The molecule has 1 N–H and O–H groups in total. The number of nitro groups is 1. The van der Waals surface area contributed by atoms with Crippen LogP contribution >= 0.6 is 0 Å². The summed E-state index contributed by atoms with van der Waals surface area (Å²) < 4.78 is 7.23. The van der Waals surface area contributed by atoms with Crippen molar-refractivity contribution in [2.75, 3.05) is 31.2 Å². The lowest BCUT2D eigenvalue weighted by Crippen LogP contribution is -2.38. The molecule has 0 unspecified atom stereocenters. The standard InChI is InChI=1S/C19H19N5O4/c25-19(20-12-14-13-23-6-2-1-3-18(23)21-14)16-11-15(24(26)27)4-5-17(16)22-7-9-28-10-8-22/h1-6,11,13H,7-10,12H2,(H,20,25). The fourth-order valence-corrected chi connectivity index (χ4v) is 3.24. The summed E-state index contributed by atoms with van der Waals surface area (Å²) in [4.78, 5) is 30.0. The third-order valence-corrected chi connectivity index (χ3v) is 4.63. The zero-order valence-electron chi connectivity index (χ0n) is 15.1. The second kappa shape index (κ2) is 7.65. The fraction of sp³-hybridized carbons (Fsp3) is 0.263. The van der Waals surface area contributed by atoms with Gasteiger partial charge < -0.3 is 19.4 Å². The molecular formula is C19H19N5O4. The molecule has 9 nitrogen and oxygen atoms in total. The summed E-state index contributed by atoms with van der Waals surface area (Å²) in [7, 11) is 0. The van der Waals surface area contributed by atoms with Gasteiger partial charge in [-0.1, -0.05) is 6.07 Å². The molecule has 1 amide bonds. The average molecular weight is 381 g/mol. The Labute approximate surface area is 160 Å². The van der Waals surface area contributed by atoms with E-state index >= 15 is 0 Å². The van der Waals surface area contributed by atoms with Crippen LogP contribution in [0.4, 0.5) is 11.4 Å². The number of fused-ring (bicyclic) bond motifs is 1. The highest BCUT2D eigenvalue weighted by Gasteiger charge is 2.22. The molecule has 3 heterocycles. The molecule has 0 atom stereocenters. The molecule has 1 saturated heterocycles. The molecule has 0 radical (unpaired) electrons. The number of anilines is 1. The highest BCUT2D eigenvalue weighted by Crippen LogP contribution is 2.26. The van der Waals surface area contributed by atoms with Crippen LogP contribution in [-0.2, 0) is 11.3 Å². The summed E-state index contributed by atoms with van der Waals surface area (Å²) in [5, 5.41) is 14.0. The number of hydrogen-bond donors (Lipinski definition) is 1. The third-order valence-electron chi connectivity index (χ3n) is 4.63. The van der Waals surface area contributed by atoms with Gasteiger partial charge in [0.2, 0.25) is 0 Å². The van der Waals surface area contributed by atoms with E-state index < -0.39 is 4.92 Å². The van der Waals surface area contributed by atoms with E-state index in [0.29, 0.717) is 37.7 Å². The van der Waals surface area contributed by atoms with E-state index in [1.807, 2.05) is 39.9 Å². The van der Waals surface area contributed by atoms with Gasteiger partial charge >= 0.3 is 0 Å². The number of carbonyl (C=O) groups excluding carboxylic acids is 1. The van der Waals surface area contributed by atoms with E-state index in [1.165, 1.54) is 12.1 Å². The van der Waals surface area contributed by atoms with Gasteiger partial charge in [-0.2, -0.15) is 0 Å². The molecule has 9 heteroatoms. The van der Waals surface area contributed by atoms with Gasteiger partial charge in [-0.05, 0) is 18.2 Å². The summed E-state index contributed by atoms with van der Waals surface area (Å²) in [5.74, 6) is -0.373. The topological polar surface area (TPSA) is 102 Å². The summed E-state index contributed by atoms with van der Waals surface area (Å²) in [6.07, 6.45) is 3.72. The largest absolute Gasteiger partial charge is 0.378 e. The highest BCUT2D eigenvalue weighted by atomic mass is 16.6. The highest BCUT2D eigenvalue weighted by molar-refractivity contribution is 6.00. The van der Waals surface area contributed by atoms with E-state index in [9.17, 15) is 14.9 Å². The van der Waals surface area contributed by atoms with E-state index in [0.717, 1.165) is 5.65 Å². The Morgan fingerprint density at radius 3 is 2.82 bits per heavy atom. The lowest BCUT2D eigenvalue weighted by molar-refractivity contribution is -0.384. The van der Waals surface area contributed by atoms with Gasteiger partial charge in [-0.25, -0.2) is 4.98 Å². The van der Waals surface area contributed by atoms with E-state index in [4.69, 9.17) is 4.74 Å². The summed E-state index contributed by atoms with van der Waals surface area (Å²) in [5.41, 5.74) is 2.32. The Hall–Kier alpha value is -3.46. The second-order valence-electron chi connectivity index (χ2n) is 6.44. The number of amides is 1. The van der Waals surface area contributed by atoms with Crippen molar-refractivity contribution in [3.05, 3.63) is 70.2 Å². The SMILES string of the molecule is O=C(NCc1cn2ccccc2n1)c1cc([N+](=O)[O-])ccc1N1CCOCC1. The number of nitrogens with zero attached hydrogens (tertiary/aromatic N) is 4. The first kappa shape index (κ1) is 17.9. The van der Waals surface area contributed by atoms with Crippen LogP contribution < -0.4 is 10.2 Å². The quantitative estimate of drug-likeness (QED) is 0.536. The summed E-state index contributed by atoms with van der Waals surface area (Å²) in [6, 6.07) is 10.0. The van der Waals surface area contributed by atoms with E-state index in [2.05, 4.69) is 10.3 Å². The van der Waals surface area contributed by atoms with Crippen molar-refractivity contribution in [1.29, 1.82) is 0 Å². The molecule has 4 rings (SSSR count). The van der Waals surface area contributed by atoms with Crippen molar-refractivity contribution in [2.45, 2.75) is 6.54 Å². The number of carbonyl (C=O) groups is 1. The average Bonchev–Trinajstić information content (AvgIpc) is 3.15. The number of pyridine rings is 1. The van der Waals surface area contributed by atoms with Crippen LogP contribution in [0.25, 0.3) is 5.65 Å². The number of morpholine rings is 1. The minimum Gasteiger partial charge on any atom is -0.378 e. The lowest BCUT2D eigenvalue weighted by Gasteiger charge is -2.30. The van der Waals surface area contributed by atoms with Crippen molar-refractivity contribution in [3.8, 4) is 0 Å². The van der Waals surface area contributed by atoms with Crippen LogP contribution in [0.1, 0.15) is 16.1 Å². The van der Waals surface area contributed by atoms with Crippen molar-refractivity contribution in [2.24, 2.45) is 0 Å². The summed E-state index contributed by atoms with van der Waals surface area (Å²) in [6.45, 7) is 2.60. The molecule has 0 bridgehead atoms. The second-order valence-corrected chi connectivity index (χ2v) is 6.44. The van der Waals surface area contributed by atoms with Gasteiger partial charge in [-0.15, -0.1) is 0 Å². The van der Waals surface area contributed by atoms with Crippen LogP contribution in [0.2, 0.25) is 0 Å². The Morgan fingerprint density at radius 2 is 2.07 bits per heavy atom. The number of rotatable bonds is 5. The minimum absolute atomic E-state index is 0.116. The van der Waals surface area contributed by atoms with Gasteiger partial charge in [0.25, 0.3) is 11.6 Å². The van der Waals surface area contributed by atoms with Crippen LogP contribution in [0.5, 0.6) is 0 Å². The molecule has 0 aliphatic carbocycles. The zero-order chi connectivity index (χ0) is 19.5. The number of imidazole rings is 1. The third kappa shape index (κ3) is 3.65. The van der Waals surface area contributed by atoms with Crippen molar-refractivity contribution in [1.82, 2.24) is 14.7 Å². The molecule has 3 aromatic rings. The van der Waals surface area contributed by atoms with Crippen LogP contribution in [0.15, 0.2) is 48.8 Å². The Kier molecular flexibility index (Phi) is 4.90. The van der Waals surface area contributed by atoms with Crippen LogP contribution in [-0.4, -0.2) is 46.5 Å². The monoisotopic (exact) mass is 381 g/mol. The number of benzene rings is 1. The molecule has 0 saturated carbocycles. The van der Waals surface area contributed by atoms with E-state index in [-0.39, 0.29) is 23.7 Å². The molecule has 1 aliphatic rings. The Bertz CT molecular complexity index is 993. The number of nitro benzene ring substituents is 1. The van der Waals surface area contributed by atoms with Crippen LogP contribution in [0.3, 0.4) is 0 Å². The molecule has 1 aliphatic heterocycles. The first-order chi connectivity index (χ1) is 13.6. The summed E-state index contributed by atoms with van der Waals surface area (Å²) >= 11 is 0. The van der Waals surface area contributed by atoms with Crippen molar-refractivity contribution >= 4 is 22.9 Å². The number of aromatic nitrogens is 2. The maximum Gasteiger partial charge on any atom is 0.270 e. The predicted molar refractivity (Wildman–Crippen MR) is 102 cm³/mol. The fourth-order valence-electron chi connectivity index (χ4n) is 3.24. The van der Waals surface area contributed by atoms with Gasteiger partial charge in [-0.3, -0.25) is 14.9 Å². The maximum atomic E-state index is 12.8. The zero-order valence-corrected chi connectivity index (χ0v) is 15.1. The van der Waals surface area contributed by atoms with Gasteiger partial charge in [0, 0.05) is 37.6 Å². The van der Waals surface area contributed by atoms with Gasteiger partial charge in [0.15, 0.2) is 0 Å². The molecule has 144 valence electrons. The van der Waals surface area contributed by atoms with Gasteiger partial charge in [0.05, 0.1) is 41.6 Å². The number of ether oxygens (including phenoxy) is 1. The molecule has 1 fully saturated rings. The number of hydrogen-bond acceptors (Lipinski definition) is 6. The smallest absolute Gasteiger partial charge is 0.270 e. The first-order valence-electron chi connectivity index (χ1n) is 8.94. The van der Waals surface area contributed by atoms with Crippen molar-refractivity contribution < 1.29 is 14.5 Å². The molecule has 28 heavy (non-hydrogen) atoms. The number of nitrogens with one attached hydrogen (secondary N) is 1. The minimum atomic E-state index is -0.498. The lowest BCUT2D eigenvalue weighted by atomic mass is 10.1.